The Morgan fingerprint density at radius 3 is 2.68 bits per heavy atom. The van der Waals surface area contributed by atoms with Crippen molar-refractivity contribution in [2.75, 3.05) is 5.32 Å². The van der Waals surface area contributed by atoms with Gasteiger partial charge in [0.2, 0.25) is 0 Å². The average Bonchev–Trinajstić information content (AvgIpc) is 3.56. The summed E-state index contributed by atoms with van der Waals surface area (Å²) in [6, 6.07) is 4.48. The molecule has 0 bridgehead atoms. The first-order valence-electron chi connectivity index (χ1n) is 9.44. The van der Waals surface area contributed by atoms with E-state index in [-0.39, 0.29) is 11.6 Å². The number of aliphatic imine (C=N–C) groups is 1. The van der Waals surface area contributed by atoms with Gasteiger partial charge in [0.25, 0.3) is 5.91 Å². The number of anilines is 1. The van der Waals surface area contributed by atoms with Gasteiger partial charge in [0, 0.05) is 29.2 Å². The smallest absolute Gasteiger partial charge is 0.259 e. The summed E-state index contributed by atoms with van der Waals surface area (Å²) in [6.45, 7) is 1.72. The van der Waals surface area contributed by atoms with Crippen LogP contribution in [0.2, 0.25) is 0 Å². The van der Waals surface area contributed by atoms with Crippen molar-refractivity contribution in [3.63, 3.8) is 0 Å². The molecule has 0 aliphatic heterocycles. The molecule has 1 heterocycles. The van der Waals surface area contributed by atoms with E-state index in [1.807, 2.05) is 6.08 Å². The molecular formula is C21H22FN5O. The van der Waals surface area contributed by atoms with E-state index in [1.165, 1.54) is 18.6 Å². The highest BCUT2D eigenvalue weighted by Gasteiger charge is 2.29. The third-order valence-corrected chi connectivity index (χ3v) is 4.97. The van der Waals surface area contributed by atoms with Gasteiger partial charge in [0.05, 0.1) is 16.9 Å². The van der Waals surface area contributed by atoms with E-state index in [4.69, 9.17) is 5.73 Å². The standard InChI is InChI=1S/C21H22FN5O/c1-12-16(10-24-11-25-12)21(28)26-15-6-7-19(17(22)8-15)27-20(14-4-5-14)9-18(23)13-2-3-13/h6-11,13-14H,2-5,23H2,1H3,(H,26,28). The molecule has 0 atom stereocenters. The monoisotopic (exact) mass is 379 g/mol. The van der Waals surface area contributed by atoms with Crippen LogP contribution in [0.25, 0.3) is 0 Å². The van der Waals surface area contributed by atoms with Crippen LogP contribution in [0.1, 0.15) is 41.7 Å². The number of halogens is 1. The number of carbonyl (C=O) groups excluding carboxylic acids is 1. The number of allylic oxidation sites excluding steroid dienone is 2. The van der Waals surface area contributed by atoms with E-state index >= 15 is 0 Å². The number of hydrogen-bond donors (Lipinski definition) is 2. The number of aryl methyl sites for hydroxylation is 1. The lowest BCUT2D eigenvalue weighted by atomic mass is 10.1. The maximum Gasteiger partial charge on any atom is 0.259 e. The molecular weight excluding hydrogens is 357 g/mol. The predicted molar refractivity (Wildman–Crippen MR) is 106 cm³/mol. The lowest BCUT2D eigenvalue weighted by molar-refractivity contribution is 0.102. The van der Waals surface area contributed by atoms with Crippen molar-refractivity contribution in [3.8, 4) is 0 Å². The van der Waals surface area contributed by atoms with E-state index in [1.54, 1.807) is 19.1 Å². The molecule has 0 radical (unpaired) electrons. The summed E-state index contributed by atoms with van der Waals surface area (Å²) in [5.41, 5.74) is 9.31. The molecule has 144 valence electrons. The van der Waals surface area contributed by atoms with Crippen LogP contribution in [0.4, 0.5) is 15.8 Å². The third kappa shape index (κ3) is 4.24. The van der Waals surface area contributed by atoms with Crippen LogP contribution in [0.3, 0.4) is 0 Å². The first-order chi connectivity index (χ1) is 13.5. The molecule has 6 nitrogen and oxygen atoms in total. The summed E-state index contributed by atoms with van der Waals surface area (Å²) in [6.07, 6.45) is 9.08. The first-order valence-corrected chi connectivity index (χ1v) is 9.44. The highest BCUT2D eigenvalue weighted by Crippen LogP contribution is 2.37. The van der Waals surface area contributed by atoms with Gasteiger partial charge in [-0.1, -0.05) is 0 Å². The third-order valence-electron chi connectivity index (χ3n) is 4.97. The Morgan fingerprint density at radius 2 is 2.04 bits per heavy atom. The van der Waals surface area contributed by atoms with Crippen molar-refractivity contribution < 1.29 is 9.18 Å². The summed E-state index contributed by atoms with van der Waals surface area (Å²) in [4.78, 5) is 24.7. The van der Waals surface area contributed by atoms with Crippen LogP contribution in [-0.2, 0) is 0 Å². The van der Waals surface area contributed by atoms with Crippen molar-refractivity contribution in [1.29, 1.82) is 0 Å². The molecule has 7 heteroatoms. The van der Waals surface area contributed by atoms with Gasteiger partial charge in [-0.05, 0) is 62.8 Å². The van der Waals surface area contributed by atoms with Gasteiger partial charge in [-0.15, -0.1) is 0 Å². The van der Waals surface area contributed by atoms with E-state index < -0.39 is 5.82 Å². The lowest BCUT2D eigenvalue weighted by Gasteiger charge is -2.08. The fourth-order valence-electron chi connectivity index (χ4n) is 2.95. The number of amides is 1. The van der Waals surface area contributed by atoms with Crippen LogP contribution in [0, 0.1) is 24.6 Å². The van der Waals surface area contributed by atoms with Crippen LogP contribution in [0.15, 0.2) is 47.5 Å². The minimum atomic E-state index is -0.490. The second-order valence-electron chi connectivity index (χ2n) is 7.37. The van der Waals surface area contributed by atoms with Gasteiger partial charge in [-0.2, -0.15) is 0 Å². The average molecular weight is 379 g/mol. The molecule has 0 unspecified atom stereocenters. The maximum absolute atomic E-state index is 14.6. The number of aromatic nitrogens is 2. The zero-order valence-electron chi connectivity index (χ0n) is 15.7. The second kappa shape index (κ2) is 7.50. The van der Waals surface area contributed by atoms with Crippen molar-refractivity contribution in [2.45, 2.75) is 32.6 Å². The fraction of sp³-hybridized carbons (Fsp3) is 0.333. The van der Waals surface area contributed by atoms with E-state index in [2.05, 4.69) is 20.3 Å². The van der Waals surface area contributed by atoms with E-state index in [0.29, 0.717) is 28.8 Å². The molecule has 1 amide bonds. The van der Waals surface area contributed by atoms with Crippen LogP contribution in [0.5, 0.6) is 0 Å². The van der Waals surface area contributed by atoms with Gasteiger partial charge < -0.3 is 11.1 Å². The molecule has 1 aromatic carbocycles. The lowest BCUT2D eigenvalue weighted by Crippen LogP contribution is -2.14. The topological polar surface area (TPSA) is 93.3 Å². The van der Waals surface area contributed by atoms with Gasteiger partial charge in [0.15, 0.2) is 5.82 Å². The molecule has 2 fully saturated rings. The molecule has 3 N–H and O–H groups in total. The summed E-state index contributed by atoms with van der Waals surface area (Å²) >= 11 is 0. The number of carbonyl (C=O) groups is 1. The highest BCUT2D eigenvalue weighted by atomic mass is 19.1. The normalized spacial score (nSPS) is 17.5. The van der Waals surface area contributed by atoms with Gasteiger partial charge in [-0.25, -0.2) is 14.4 Å². The largest absolute Gasteiger partial charge is 0.402 e. The minimum absolute atomic E-state index is 0.249. The van der Waals surface area contributed by atoms with Crippen molar-refractivity contribution >= 4 is 23.0 Å². The van der Waals surface area contributed by atoms with Crippen LogP contribution < -0.4 is 11.1 Å². The van der Waals surface area contributed by atoms with Crippen molar-refractivity contribution in [3.05, 3.63) is 59.6 Å². The van der Waals surface area contributed by atoms with Crippen LogP contribution >= 0.6 is 0 Å². The maximum atomic E-state index is 14.6. The van der Waals surface area contributed by atoms with Gasteiger partial charge in [0.1, 0.15) is 6.33 Å². The zero-order valence-corrected chi connectivity index (χ0v) is 15.7. The Hall–Kier alpha value is -3.09. The molecule has 2 aliphatic carbocycles. The Labute approximate surface area is 162 Å². The highest BCUT2D eigenvalue weighted by molar-refractivity contribution is 6.05. The molecule has 1 aromatic heterocycles. The molecule has 0 saturated heterocycles. The Bertz CT molecular complexity index is 977. The predicted octanol–water partition coefficient (Wildman–Crippen LogP) is 3.91. The number of nitrogens with zero attached hydrogens (tertiary/aromatic N) is 3. The molecule has 2 aromatic rings. The Balaban J connectivity index is 1.53. The van der Waals surface area contributed by atoms with Gasteiger partial charge in [-0.3, -0.25) is 9.79 Å². The van der Waals surface area contributed by atoms with Gasteiger partial charge >= 0.3 is 0 Å². The van der Waals surface area contributed by atoms with E-state index in [9.17, 15) is 9.18 Å². The first kappa shape index (κ1) is 18.3. The molecule has 2 saturated carbocycles. The SMILES string of the molecule is Cc1ncncc1C(=O)Nc1ccc(N=C(C=C(N)C2CC2)C2CC2)c(F)c1. The summed E-state index contributed by atoms with van der Waals surface area (Å²) in [5, 5.41) is 2.67. The van der Waals surface area contributed by atoms with Crippen molar-refractivity contribution in [2.24, 2.45) is 22.6 Å². The Morgan fingerprint density at radius 1 is 1.29 bits per heavy atom. The number of hydrogen-bond acceptors (Lipinski definition) is 5. The summed E-state index contributed by atoms with van der Waals surface area (Å²) in [5.74, 6) is -0.0584. The molecule has 28 heavy (non-hydrogen) atoms. The number of nitrogens with one attached hydrogen (secondary N) is 1. The van der Waals surface area contributed by atoms with Crippen LogP contribution in [-0.4, -0.2) is 21.6 Å². The minimum Gasteiger partial charge on any atom is -0.402 e. The molecule has 2 aliphatic rings. The number of nitrogens with two attached hydrogens (primary N) is 1. The Kier molecular flexibility index (Phi) is 4.90. The number of benzene rings is 1. The van der Waals surface area contributed by atoms with Crippen molar-refractivity contribution in [1.82, 2.24) is 9.97 Å². The van der Waals surface area contributed by atoms with E-state index in [0.717, 1.165) is 37.1 Å². The molecule has 0 spiro atoms. The second-order valence-corrected chi connectivity index (χ2v) is 7.37. The molecule has 4 rings (SSSR count). The zero-order chi connectivity index (χ0) is 19.7. The number of rotatable bonds is 6. The summed E-state index contributed by atoms with van der Waals surface area (Å²) in [7, 11) is 0. The quantitative estimate of drug-likeness (QED) is 0.744. The fourth-order valence-corrected chi connectivity index (χ4v) is 2.95. The summed E-state index contributed by atoms with van der Waals surface area (Å²) < 4.78 is 14.6.